The van der Waals surface area contributed by atoms with Crippen molar-refractivity contribution in [2.75, 3.05) is 0 Å². The molecule has 0 fully saturated rings. The van der Waals surface area contributed by atoms with Gasteiger partial charge in [0.15, 0.2) is 0 Å². The number of hydrogen-bond donors (Lipinski definition) is 0. The topological polar surface area (TPSA) is 0 Å². The first-order valence-corrected chi connectivity index (χ1v) is 2.66. The molecule has 0 saturated carbocycles. The molecule has 1 aliphatic carbocycles. The minimum atomic E-state index is -0.106. The van der Waals surface area contributed by atoms with E-state index >= 15 is 0 Å². The van der Waals surface area contributed by atoms with Gasteiger partial charge in [-0.2, -0.15) is 0 Å². The van der Waals surface area contributed by atoms with Gasteiger partial charge in [0.1, 0.15) is 5.83 Å². The van der Waals surface area contributed by atoms with Gasteiger partial charge < -0.3 is 0 Å². The average Bonchev–Trinajstić information content (AvgIpc) is 1.64. The fourth-order valence-electron chi connectivity index (χ4n) is 0.693. The third kappa shape index (κ3) is 1.19. The lowest BCUT2D eigenvalue weighted by Gasteiger charge is -2.01. The van der Waals surface area contributed by atoms with Crippen LogP contribution in [0.5, 0.6) is 0 Å². The van der Waals surface area contributed by atoms with Crippen molar-refractivity contribution in [3.63, 3.8) is 0 Å². The first kappa shape index (κ1) is 5.54. The summed E-state index contributed by atoms with van der Waals surface area (Å²) in [6.07, 6.45) is 5.83. The van der Waals surface area contributed by atoms with E-state index in [4.69, 9.17) is 0 Å². The standard InChI is InChI=1S/C7H8F/c1-6-3-2-4-7(8)5-6/h3-5H,2H2,1H3. The Hall–Kier alpha value is -0.590. The fourth-order valence-corrected chi connectivity index (χ4v) is 0.693. The molecule has 1 heteroatoms. The van der Waals surface area contributed by atoms with Crippen molar-refractivity contribution in [1.29, 1.82) is 0 Å². The Morgan fingerprint density at radius 3 is 2.75 bits per heavy atom. The summed E-state index contributed by atoms with van der Waals surface area (Å²) in [6.45, 7) is 1.90. The Balaban J connectivity index is 2.69. The van der Waals surface area contributed by atoms with Gasteiger partial charge in [-0.05, 0) is 31.9 Å². The first-order valence-electron chi connectivity index (χ1n) is 2.66. The van der Waals surface area contributed by atoms with Crippen LogP contribution in [0.4, 0.5) is 4.39 Å². The van der Waals surface area contributed by atoms with Crippen molar-refractivity contribution in [3.8, 4) is 0 Å². The number of allylic oxidation sites excluding steroid dienone is 4. The van der Waals surface area contributed by atoms with Crippen LogP contribution in [0.1, 0.15) is 13.3 Å². The van der Waals surface area contributed by atoms with Gasteiger partial charge in [-0.15, -0.1) is 0 Å². The molecular formula is C7H8F. The second-order valence-corrected chi connectivity index (χ2v) is 1.92. The van der Waals surface area contributed by atoms with Crippen molar-refractivity contribution in [2.24, 2.45) is 0 Å². The summed E-state index contributed by atoms with van der Waals surface area (Å²) in [5.41, 5.74) is 1.02. The summed E-state index contributed by atoms with van der Waals surface area (Å²) in [7, 11) is 0. The van der Waals surface area contributed by atoms with Crippen LogP contribution >= 0.6 is 0 Å². The summed E-state index contributed by atoms with van der Waals surface area (Å²) in [4.78, 5) is 0. The maximum absolute atomic E-state index is 12.2. The number of halogens is 1. The zero-order valence-corrected chi connectivity index (χ0v) is 4.82. The molecule has 0 aromatic rings. The highest BCUT2D eigenvalue weighted by Gasteiger charge is 1.98. The largest absolute Gasteiger partial charge is 0.207 e. The Labute approximate surface area is 48.7 Å². The summed E-state index contributed by atoms with van der Waals surface area (Å²) in [6, 6.07) is 0. The van der Waals surface area contributed by atoms with Crippen LogP contribution < -0.4 is 0 Å². The molecule has 0 bridgehead atoms. The summed E-state index contributed by atoms with van der Waals surface area (Å²) >= 11 is 0. The van der Waals surface area contributed by atoms with Crippen molar-refractivity contribution in [1.82, 2.24) is 0 Å². The van der Waals surface area contributed by atoms with E-state index < -0.39 is 0 Å². The molecule has 0 spiro atoms. The molecule has 0 aromatic heterocycles. The third-order valence-electron chi connectivity index (χ3n) is 1.12. The van der Waals surface area contributed by atoms with E-state index in [1.807, 2.05) is 13.3 Å². The molecule has 0 heterocycles. The van der Waals surface area contributed by atoms with Gasteiger partial charge in [-0.1, -0.05) is 5.57 Å². The lowest BCUT2D eigenvalue weighted by Crippen LogP contribution is -1.84. The highest BCUT2D eigenvalue weighted by Crippen LogP contribution is 2.15. The van der Waals surface area contributed by atoms with E-state index in [0.717, 1.165) is 12.0 Å². The minimum absolute atomic E-state index is 0.106. The predicted octanol–water partition coefficient (Wildman–Crippen LogP) is 2.39. The Morgan fingerprint density at radius 1 is 1.62 bits per heavy atom. The quantitative estimate of drug-likeness (QED) is 0.450. The number of rotatable bonds is 0. The fraction of sp³-hybridized carbons (Fsp3) is 0.286. The van der Waals surface area contributed by atoms with Crippen molar-refractivity contribution in [2.45, 2.75) is 13.3 Å². The Bertz CT molecular complexity index is 142. The molecular weight excluding hydrogens is 103 g/mol. The van der Waals surface area contributed by atoms with Gasteiger partial charge in [-0.3, -0.25) is 0 Å². The van der Waals surface area contributed by atoms with Gasteiger partial charge >= 0.3 is 0 Å². The van der Waals surface area contributed by atoms with E-state index in [0.29, 0.717) is 0 Å². The molecule has 8 heavy (non-hydrogen) atoms. The SMILES string of the molecule is CC1=CC(F)=CC[CH]1. The Morgan fingerprint density at radius 2 is 2.38 bits per heavy atom. The highest BCUT2D eigenvalue weighted by molar-refractivity contribution is 5.27. The molecule has 0 unspecified atom stereocenters. The number of hydrogen-bond acceptors (Lipinski definition) is 0. The van der Waals surface area contributed by atoms with Gasteiger partial charge in [0.2, 0.25) is 0 Å². The smallest absolute Gasteiger partial charge is 0.119 e. The minimum Gasteiger partial charge on any atom is -0.207 e. The molecule has 0 atom stereocenters. The second-order valence-electron chi connectivity index (χ2n) is 1.92. The maximum atomic E-state index is 12.2. The molecule has 1 radical (unpaired) electrons. The monoisotopic (exact) mass is 111 g/mol. The highest BCUT2D eigenvalue weighted by atomic mass is 19.1. The van der Waals surface area contributed by atoms with Crippen LogP contribution in [0.3, 0.4) is 0 Å². The van der Waals surface area contributed by atoms with E-state index in [9.17, 15) is 4.39 Å². The molecule has 0 aliphatic heterocycles. The molecule has 0 aromatic carbocycles. The summed E-state index contributed by atoms with van der Waals surface area (Å²) in [5, 5.41) is 0. The Kier molecular flexibility index (Phi) is 1.47. The lowest BCUT2D eigenvalue weighted by molar-refractivity contribution is 0.656. The lowest BCUT2D eigenvalue weighted by atomic mass is 10.1. The van der Waals surface area contributed by atoms with Crippen LogP contribution in [0, 0.1) is 6.42 Å². The van der Waals surface area contributed by atoms with Gasteiger partial charge in [0, 0.05) is 0 Å². The van der Waals surface area contributed by atoms with Gasteiger partial charge in [0.25, 0.3) is 0 Å². The van der Waals surface area contributed by atoms with Crippen LogP contribution in [0.25, 0.3) is 0 Å². The van der Waals surface area contributed by atoms with Crippen molar-refractivity contribution >= 4 is 0 Å². The van der Waals surface area contributed by atoms with E-state index in [-0.39, 0.29) is 5.83 Å². The molecule has 0 amide bonds. The van der Waals surface area contributed by atoms with Crippen molar-refractivity contribution in [3.05, 3.63) is 30.0 Å². The van der Waals surface area contributed by atoms with Gasteiger partial charge in [0.05, 0.1) is 0 Å². The summed E-state index contributed by atoms with van der Waals surface area (Å²) in [5.74, 6) is -0.106. The third-order valence-corrected chi connectivity index (χ3v) is 1.12. The molecule has 0 nitrogen and oxygen atoms in total. The van der Waals surface area contributed by atoms with Gasteiger partial charge in [-0.25, -0.2) is 4.39 Å². The van der Waals surface area contributed by atoms with E-state index in [2.05, 4.69) is 0 Å². The zero-order chi connectivity index (χ0) is 5.98. The zero-order valence-electron chi connectivity index (χ0n) is 4.82. The van der Waals surface area contributed by atoms with E-state index in [1.165, 1.54) is 6.08 Å². The molecule has 1 aliphatic rings. The second kappa shape index (κ2) is 2.12. The maximum Gasteiger partial charge on any atom is 0.119 e. The van der Waals surface area contributed by atoms with Crippen LogP contribution in [-0.4, -0.2) is 0 Å². The van der Waals surface area contributed by atoms with Crippen LogP contribution in [0.2, 0.25) is 0 Å². The molecule has 43 valence electrons. The van der Waals surface area contributed by atoms with Crippen molar-refractivity contribution < 1.29 is 4.39 Å². The molecule has 0 saturated heterocycles. The summed E-state index contributed by atoms with van der Waals surface area (Å²) < 4.78 is 12.2. The van der Waals surface area contributed by atoms with E-state index in [1.54, 1.807) is 6.08 Å². The van der Waals surface area contributed by atoms with Crippen LogP contribution in [0.15, 0.2) is 23.6 Å². The normalized spacial score (nSPS) is 19.8. The molecule has 1 rings (SSSR count). The first-order chi connectivity index (χ1) is 3.79. The average molecular weight is 111 g/mol. The molecule has 0 N–H and O–H groups in total. The van der Waals surface area contributed by atoms with Crippen LogP contribution in [-0.2, 0) is 0 Å². The predicted molar refractivity (Wildman–Crippen MR) is 31.9 cm³/mol.